The quantitative estimate of drug-likeness (QED) is 0.742. The lowest BCUT2D eigenvalue weighted by Gasteiger charge is -2.10. The van der Waals surface area contributed by atoms with E-state index in [1.54, 1.807) is 7.05 Å². The SMILES string of the molecule is CNc1nccc(C(=O)NCCCN(C)C)c1F. The van der Waals surface area contributed by atoms with Crippen molar-refractivity contribution >= 4 is 11.7 Å². The van der Waals surface area contributed by atoms with E-state index in [9.17, 15) is 9.18 Å². The van der Waals surface area contributed by atoms with Crippen molar-refractivity contribution in [3.8, 4) is 0 Å². The first kappa shape index (κ1) is 14.4. The van der Waals surface area contributed by atoms with Crippen LogP contribution in [-0.2, 0) is 0 Å². The molecular formula is C12H19FN4O. The lowest BCUT2D eigenvalue weighted by atomic mass is 10.2. The molecule has 0 aliphatic rings. The zero-order chi connectivity index (χ0) is 13.5. The fraction of sp³-hybridized carbons (Fsp3) is 0.500. The highest BCUT2D eigenvalue weighted by atomic mass is 19.1. The van der Waals surface area contributed by atoms with Gasteiger partial charge in [-0.3, -0.25) is 4.79 Å². The first-order valence-corrected chi connectivity index (χ1v) is 5.81. The molecule has 0 atom stereocenters. The van der Waals surface area contributed by atoms with E-state index in [1.807, 2.05) is 19.0 Å². The third-order valence-electron chi connectivity index (χ3n) is 2.44. The summed E-state index contributed by atoms with van der Waals surface area (Å²) in [4.78, 5) is 17.6. The monoisotopic (exact) mass is 254 g/mol. The summed E-state index contributed by atoms with van der Waals surface area (Å²) in [6.45, 7) is 1.40. The summed E-state index contributed by atoms with van der Waals surface area (Å²) < 4.78 is 13.8. The molecule has 18 heavy (non-hydrogen) atoms. The van der Waals surface area contributed by atoms with E-state index in [-0.39, 0.29) is 11.4 Å². The Morgan fingerprint density at radius 3 is 2.83 bits per heavy atom. The number of halogens is 1. The van der Waals surface area contributed by atoms with Crippen LogP contribution in [0.4, 0.5) is 10.2 Å². The average Bonchev–Trinajstić information content (AvgIpc) is 2.34. The minimum Gasteiger partial charge on any atom is -0.371 e. The van der Waals surface area contributed by atoms with Crippen LogP contribution in [0.3, 0.4) is 0 Å². The van der Waals surface area contributed by atoms with Crippen LogP contribution < -0.4 is 10.6 Å². The van der Waals surface area contributed by atoms with Gasteiger partial charge in [0.1, 0.15) is 0 Å². The number of hydrogen-bond donors (Lipinski definition) is 2. The third-order valence-corrected chi connectivity index (χ3v) is 2.44. The standard InChI is InChI=1S/C12H19FN4O/c1-14-11-10(13)9(5-7-15-11)12(18)16-6-4-8-17(2)3/h5,7H,4,6,8H2,1-3H3,(H,14,15)(H,16,18). The number of carbonyl (C=O) groups excluding carboxylic acids is 1. The highest BCUT2D eigenvalue weighted by Gasteiger charge is 2.14. The predicted molar refractivity (Wildman–Crippen MR) is 69.2 cm³/mol. The van der Waals surface area contributed by atoms with Crippen molar-refractivity contribution in [2.45, 2.75) is 6.42 Å². The molecule has 1 rings (SSSR count). The van der Waals surface area contributed by atoms with E-state index < -0.39 is 11.7 Å². The molecule has 1 aromatic heterocycles. The molecule has 0 bridgehead atoms. The molecule has 0 aliphatic carbocycles. The molecule has 0 spiro atoms. The zero-order valence-corrected chi connectivity index (χ0v) is 11.0. The van der Waals surface area contributed by atoms with Crippen molar-refractivity contribution in [1.82, 2.24) is 15.2 Å². The summed E-state index contributed by atoms with van der Waals surface area (Å²) in [5.41, 5.74) is 0.0132. The first-order chi connectivity index (χ1) is 8.56. The molecule has 1 heterocycles. The van der Waals surface area contributed by atoms with Gasteiger partial charge in [0.15, 0.2) is 11.6 Å². The topological polar surface area (TPSA) is 57.3 Å². The number of amides is 1. The Kier molecular flexibility index (Phi) is 5.51. The highest BCUT2D eigenvalue weighted by molar-refractivity contribution is 5.95. The minimum atomic E-state index is -0.620. The van der Waals surface area contributed by atoms with Crippen molar-refractivity contribution in [1.29, 1.82) is 0 Å². The molecule has 2 N–H and O–H groups in total. The summed E-state index contributed by atoms with van der Waals surface area (Å²) in [6, 6.07) is 1.37. The maximum atomic E-state index is 13.8. The number of anilines is 1. The number of hydrogen-bond acceptors (Lipinski definition) is 4. The maximum absolute atomic E-state index is 13.8. The molecule has 0 saturated heterocycles. The normalized spacial score (nSPS) is 10.5. The molecule has 0 unspecified atom stereocenters. The summed E-state index contributed by atoms with van der Waals surface area (Å²) >= 11 is 0. The van der Waals surface area contributed by atoms with Gasteiger partial charge in [-0.2, -0.15) is 0 Å². The summed E-state index contributed by atoms with van der Waals surface area (Å²) in [6.07, 6.45) is 2.23. The molecule has 0 aromatic carbocycles. The van der Waals surface area contributed by atoms with Crippen LogP contribution in [0.25, 0.3) is 0 Å². The number of nitrogens with one attached hydrogen (secondary N) is 2. The van der Waals surface area contributed by atoms with E-state index in [0.29, 0.717) is 6.54 Å². The van der Waals surface area contributed by atoms with Crippen LogP contribution >= 0.6 is 0 Å². The molecule has 0 aliphatic heterocycles. The minimum absolute atomic E-state index is 0.0132. The fourth-order valence-electron chi connectivity index (χ4n) is 1.49. The Morgan fingerprint density at radius 1 is 1.50 bits per heavy atom. The van der Waals surface area contributed by atoms with Gasteiger partial charge in [0, 0.05) is 19.8 Å². The molecular weight excluding hydrogens is 235 g/mol. The predicted octanol–water partition coefficient (Wildman–Crippen LogP) is 0.944. The van der Waals surface area contributed by atoms with Gasteiger partial charge in [0.2, 0.25) is 0 Å². The van der Waals surface area contributed by atoms with Gasteiger partial charge >= 0.3 is 0 Å². The first-order valence-electron chi connectivity index (χ1n) is 5.81. The zero-order valence-electron chi connectivity index (χ0n) is 11.0. The smallest absolute Gasteiger partial charge is 0.254 e. The molecule has 0 fully saturated rings. The number of rotatable bonds is 6. The third kappa shape index (κ3) is 3.96. The number of pyridine rings is 1. The van der Waals surface area contributed by atoms with Crippen molar-refractivity contribution in [2.24, 2.45) is 0 Å². The Bertz CT molecular complexity index is 409. The Morgan fingerprint density at radius 2 is 2.22 bits per heavy atom. The van der Waals surface area contributed by atoms with Gasteiger partial charge in [0.05, 0.1) is 5.56 Å². The van der Waals surface area contributed by atoms with Crippen LogP contribution in [0, 0.1) is 5.82 Å². The Labute approximate surface area is 106 Å². The lowest BCUT2D eigenvalue weighted by molar-refractivity contribution is 0.0948. The van der Waals surface area contributed by atoms with Gasteiger partial charge < -0.3 is 15.5 Å². The van der Waals surface area contributed by atoms with Crippen LogP contribution in [0.1, 0.15) is 16.8 Å². The van der Waals surface area contributed by atoms with Crippen LogP contribution in [0.5, 0.6) is 0 Å². The molecule has 0 radical (unpaired) electrons. The molecule has 1 aromatic rings. The highest BCUT2D eigenvalue weighted by Crippen LogP contribution is 2.13. The van der Waals surface area contributed by atoms with Crippen LogP contribution in [0.2, 0.25) is 0 Å². The molecule has 5 nitrogen and oxygen atoms in total. The Balaban J connectivity index is 2.56. The molecule has 1 amide bonds. The van der Waals surface area contributed by atoms with Gasteiger partial charge in [-0.05, 0) is 33.1 Å². The summed E-state index contributed by atoms with van der Waals surface area (Å²) in [5.74, 6) is -0.953. The van der Waals surface area contributed by atoms with E-state index in [0.717, 1.165) is 13.0 Å². The number of nitrogens with zero attached hydrogens (tertiary/aromatic N) is 2. The second-order valence-corrected chi connectivity index (χ2v) is 4.18. The molecule has 6 heteroatoms. The van der Waals surface area contributed by atoms with Gasteiger partial charge in [-0.25, -0.2) is 9.37 Å². The van der Waals surface area contributed by atoms with Crippen molar-refractivity contribution in [2.75, 3.05) is 39.5 Å². The van der Waals surface area contributed by atoms with Crippen LogP contribution in [0.15, 0.2) is 12.3 Å². The maximum Gasteiger partial charge on any atom is 0.254 e. The van der Waals surface area contributed by atoms with Gasteiger partial charge in [-0.1, -0.05) is 0 Å². The summed E-state index contributed by atoms with van der Waals surface area (Å²) in [7, 11) is 5.48. The van der Waals surface area contributed by atoms with Gasteiger partial charge in [0.25, 0.3) is 5.91 Å². The lowest BCUT2D eigenvalue weighted by Crippen LogP contribution is -2.28. The van der Waals surface area contributed by atoms with Crippen molar-refractivity contribution < 1.29 is 9.18 Å². The van der Waals surface area contributed by atoms with Crippen molar-refractivity contribution in [3.63, 3.8) is 0 Å². The van der Waals surface area contributed by atoms with E-state index in [1.165, 1.54) is 12.3 Å². The second-order valence-electron chi connectivity index (χ2n) is 4.18. The number of carbonyl (C=O) groups is 1. The Hall–Kier alpha value is -1.69. The summed E-state index contributed by atoms with van der Waals surface area (Å²) in [5, 5.41) is 5.29. The van der Waals surface area contributed by atoms with E-state index in [4.69, 9.17) is 0 Å². The average molecular weight is 254 g/mol. The van der Waals surface area contributed by atoms with E-state index in [2.05, 4.69) is 15.6 Å². The van der Waals surface area contributed by atoms with Crippen LogP contribution in [-0.4, -0.2) is 50.0 Å². The largest absolute Gasteiger partial charge is 0.371 e. The molecule has 0 saturated carbocycles. The van der Waals surface area contributed by atoms with E-state index >= 15 is 0 Å². The number of aromatic nitrogens is 1. The van der Waals surface area contributed by atoms with Crippen molar-refractivity contribution in [3.05, 3.63) is 23.6 Å². The second kappa shape index (κ2) is 6.90. The fourth-order valence-corrected chi connectivity index (χ4v) is 1.49. The van der Waals surface area contributed by atoms with Gasteiger partial charge in [-0.15, -0.1) is 0 Å². The molecule has 100 valence electrons.